The van der Waals surface area contributed by atoms with Gasteiger partial charge >= 0.3 is 0 Å². The highest BCUT2D eigenvalue weighted by Crippen LogP contribution is 2.15. The van der Waals surface area contributed by atoms with Crippen molar-refractivity contribution in [2.45, 2.75) is 19.9 Å². The highest BCUT2D eigenvalue weighted by Gasteiger charge is 2.14. The quantitative estimate of drug-likeness (QED) is 0.663. The molecule has 0 saturated carbocycles. The molecular formula is C19H18FN5O. The van der Waals surface area contributed by atoms with Gasteiger partial charge in [-0.2, -0.15) is 0 Å². The summed E-state index contributed by atoms with van der Waals surface area (Å²) in [6.07, 6.45) is 4.77. The van der Waals surface area contributed by atoms with Crippen LogP contribution in [-0.4, -0.2) is 20.7 Å². The van der Waals surface area contributed by atoms with E-state index in [4.69, 9.17) is 5.73 Å². The molecule has 0 radical (unpaired) electrons. The van der Waals surface area contributed by atoms with E-state index in [-0.39, 0.29) is 17.9 Å². The second kappa shape index (κ2) is 7.69. The highest BCUT2D eigenvalue weighted by molar-refractivity contribution is 5.96. The lowest BCUT2D eigenvalue weighted by atomic mass is 10.1. The van der Waals surface area contributed by atoms with Gasteiger partial charge in [0.1, 0.15) is 11.5 Å². The van der Waals surface area contributed by atoms with Gasteiger partial charge in [0.25, 0.3) is 0 Å². The molecule has 3 aromatic heterocycles. The first-order valence-corrected chi connectivity index (χ1v) is 8.06. The van der Waals surface area contributed by atoms with Crippen LogP contribution in [0.15, 0.2) is 48.9 Å². The van der Waals surface area contributed by atoms with Crippen molar-refractivity contribution in [2.24, 2.45) is 0 Å². The van der Waals surface area contributed by atoms with Gasteiger partial charge in [0.05, 0.1) is 17.9 Å². The van der Waals surface area contributed by atoms with Crippen LogP contribution in [0, 0.1) is 12.7 Å². The molecule has 0 aliphatic carbocycles. The van der Waals surface area contributed by atoms with E-state index >= 15 is 0 Å². The number of aromatic nitrogens is 3. The molecule has 0 unspecified atom stereocenters. The minimum atomic E-state index is -0.599. The maximum atomic E-state index is 13.9. The molecule has 6 nitrogen and oxygen atoms in total. The summed E-state index contributed by atoms with van der Waals surface area (Å²) in [7, 11) is 0. The number of halogens is 1. The van der Waals surface area contributed by atoms with Crippen molar-refractivity contribution in [1.82, 2.24) is 15.0 Å². The second-order valence-corrected chi connectivity index (χ2v) is 5.89. The first kappa shape index (κ1) is 17.5. The molecule has 0 aromatic carbocycles. The fourth-order valence-corrected chi connectivity index (χ4v) is 2.50. The lowest BCUT2D eigenvalue weighted by Crippen LogP contribution is -2.10. The second-order valence-electron chi connectivity index (χ2n) is 5.89. The number of nitrogens with zero attached hydrogens (tertiary/aromatic N) is 3. The topological polar surface area (TPSA) is 93.8 Å². The normalized spacial score (nSPS) is 10.5. The van der Waals surface area contributed by atoms with Crippen LogP contribution >= 0.6 is 0 Å². The Balaban J connectivity index is 1.69. The lowest BCUT2D eigenvalue weighted by Gasteiger charge is -2.09. The molecule has 3 rings (SSSR count). The Labute approximate surface area is 150 Å². The zero-order valence-electron chi connectivity index (χ0n) is 14.2. The van der Waals surface area contributed by atoms with Gasteiger partial charge < -0.3 is 11.1 Å². The number of carbonyl (C=O) groups excluding carboxylic acids is 1. The third-order valence-corrected chi connectivity index (χ3v) is 3.79. The molecule has 0 bridgehead atoms. The first-order valence-electron chi connectivity index (χ1n) is 8.06. The van der Waals surface area contributed by atoms with Gasteiger partial charge in [-0.15, -0.1) is 0 Å². The fourth-order valence-electron chi connectivity index (χ4n) is 2.50. The molecule has 3 heterocycles. The number of carbonyl (C=O) groups is 1. The third-order valence-electron chi connectivity index (χ3n) is 3.79. The number of nitrogens with two attached hydrogens (primary N) is 1. The van der Waals surface area contributed by atoms with Crippen LogP contribution in [-0.2, 0) is 13.0 Å². The highest BCUT2D eigenvalue weighted by atomic mass is 19.1. The van der Waals surface area contributed by atoms with Crippen molar-refractivity contribution in [1.29, 1.82) is 0 Å². The number of ketones is 1. The number of pyridine rings is 3. The maximum Gasteiger partial charge on any atom is 0.188 e. The van der Waals surface area contributed by atoms with Crippen molar-refractivity contribution in [2.75, 3.05) is 11.1 Å². The van der Waals surface area contributed by atoms with E-state index in [2.05, 4.69) is 20.3 Å². The average molecular weight is 351 g/mol. The van der Waals surface area contributed by atoms with Gasteiger partial charge in [-0.1, -0.05) is 0 Å². The number of nitrogen functional groups attached to an aromatic ring is 1. The van der Waals surface area contributed by atoms with E-state index < -0.39 is 5.82 Å². The van der Waals surface area contributed by atoms with Crippen LogP contribution < -0.4 is 11.1 Å². The molecule has 0 amide bonds. The Morgan fingerprint density at radius 1 is 1.19 bits per heavy atom. The van der Waals surface area contributed by atoms with Gasteiger partial charge in [0.15, 0.2) is 11.6 Å². The van der Waals surface area contributed by atoms with Crippen LogP contribution in [0.4, 0.5) is 15.9 Å². The van der Waals surface area contributed by atoms with Crippen LogP contribution in [0.2, 0.25) is 0 Å². The molecule has 3 N–H and O–H groups in total. The molecule has 0 atom stereocenters. The molecular weight excluding hydrogens is 333 g/mol. The zero-order valence-corrected chi connectivity index (χ0v) is 14.2. The van der Waals surface area contributed by atoms with Crippen LogP contribution in [0.1, 0.15) is 27.3 Å². The Hall–Kier alpha value is -3.35. The van der Waals surface area contributed by atoms with E-state index in [1.165, 1.54) is 12.3 Å². The van der Waals surface area contributed by atoms with Gasteiger partial charge in [0, 0.05) is 25.0 Å². The molecule has 132 valence electrons. The molecule has 3 aromatic rings. The van der Waals surface area contributed by atoms with Crippen molar-refractivity contribution < 1.29 is 9.18 Å². The minimum Gasteiger partial charge on any atom is -0.382 e. The summed E-state index contributed by atoms with van der Waals surface area (Å²) in [5.74, 6) is -0.568. The van der Waals surface area contributed by atoms with Crippen LogP contribution in [0.5, 0.6) is 0 Å². The number of aryl methyl sites for hydroxylation is 1. The summed E-state index contributed by atoms with van der Waals surface area (Å²) in [6.45, 7) is 2.15. The maximum absolute atomic E-state index is 13.9. The number of anilines is 2. The van der Waals surface area contributed by atoms with E-state index in [9.17, 15) is 9.18 Å². The van der Waals surface area contributed by atoms with Crippen LogP contribution in [0.3, 0.4) is 0 Å². The lowest BCUT2D eigenvalue weighted by molar-refractivity contribution is 0.0984. The average Bonchev–Trinajstić information content (AvgIpc) is 2.61. The third kappa shape index (κ3) is 4.18. The summed E-state index contributed by atoms with van der Waals surface area (Å²) in [5, 5.41) is 3.15. The van der Waals surface area contributed by atoms with Gasteiger partial charge in [-0.3, -0.25) is 9.78 Å². The summed E-state index contributed by atoms with van der Waals surface area (Å²) < 4.78 is 13.9. The first-order chi connectivity index (χ1) is 12.5. The number of hydrogen-bond acceptors (Lipinski definition) is 6. The summed E-state index contributed by atoms with van der Waals surface area (Å²) in [5.41, 5.74) is 8.50. The van der Waals surface area contributed by atoms with E-state index in [0.29, 0.717) is 23.6 Å². The molecule has 0 aliphatic heterocycles. The SMILES string of the molecule is Cc1cnc(C(=O)Cc2ccnc(CNc3cccnc3N)c2)c(F)c1. The fraction of sp³-hybridized carbons (Fsp3) is 0.158. The minimum absolute atomic E-state index is 0.0531. The van der Waals surface area contributed by atoms with Crippen molar-refractivity contribution in [3.63, 3.8) is 0 Å². The molecule has 26 heavy (non-hydrogen) atoms. The summed E-state index contributed by atoms with van der Waals surface area (Å²) in [6, 6.07) is 8.43. The predicted molar refractivity (Wildman–Crippen MR) is 97.2 cm³/mol. The van der Waals surface area contributed by atoms with Crippen molar-refractivity contribution >= 4 is 17.3 Å². The van der Waals surface area contributed by atoms with E-state index in [1.54, 1.807) is 37.5 Å². The molecule has 0 fully saturated rings. The Morgan fingerprint density at radius 2 is 2.04 bits per heavy atom. The molecule has 0 spiro atoms. The van der Waals surface area contributed by atoms with Gasteiger partial charge in [0.2, 0.25) is 0 Å². The number of nitrogens with one attached hydrogen (secondary N) is 1. The standard InChI is InChI=1S/C19H18FN5O/c1-12-7-15(20)18(25-10-12)17(26)9-13-4-6-22-14(8-13)11-24-16-3-2-5-23-19(16)21/h2-8,10,24H,9,11H2,1H3,(H2,21,23). The van der Waals surface area contributed by atoms with Crippen molar-refractivity contribution in [3.05, 3.63) is 77.3 Å². The largest absolute Gasteiger partial charge is 0.382 e. The van der Waals surface area contributed by atoms with E-state index in [0.717, 1.165) is 11.3 Å². The Kier molecular flexibility index (Phi) is 5.17. The monoisotopic (exact) mass is 351 g/mol. The van der Waals surface area contributed by atoms with Gasteiger partial charge in [-0.25, -0.2) is 14.4 Å². The van der Waals surface area contributed by atoms with Crippen molar-refractivity contribution in [3.8, 4) is 0 Å². The number of Topliss-reactive ketones (excluding diaryl/α,β-unsaturated/α-hetero) is 1. The predicted octanol–water partition coefficient (Wildman–Crippen LogP) is 2.94. The molecule has 0 saturated heterocycles. The van der Waals surface area contributed by atoms with E-state index in [1.807, 2.05) is 6.07 Å². The number of hydrogen-bond donors (Lipinski definition) is 2. The number of rotatable bonds is 6. The van der Waals surface area contributed by atoms with Gasteiger partial charge in [-0.05, 0) is 48.4 Å². The smallest absolute Gasteiger partial charge is 0.188 e. The molecule has 7 heteroatoms. The van der Waals surface area contributed by atoms with Crippen LogP contribution in [0.25, 0.3) is 0 Å². The summed E-state index contributed by atoms with van der Waals surface area (Å²) >= 11 is 0. The summed E-state index contributed by atoms with van der Waals surface area (Å²) in [4.78, 5) is 24.5. The zero-order chi connectivity index (χ0) is 18.5. The Bertz CT molecular complexity index is 945. The Morgan fingerprint density at radius 3 is 2.81 bits per heavy atom. The molecule has 0 aliphatic rings.